The minimum Gasteiger partial charge on any atom is -0.361 e. The van der Waals surface area contributed by atoms with Crippen LogP contribution in [-0.4, -0.2) is 52.4 Å². The minimum atomic E-state index is 0.351. The zero-order valence-electron chi connectivity index (χ0n) is 14.7. The quantitative estimate of drug-likeness (QED) is 0.373. The molecule has 1 aliphatic rings. The number of aromatic nitrogens is 1. The molecule has 3 rings (SSSR count). The fourth-order valence-electron chi connectivity index (χ4n) is 3.55. The lowest BCUT2D eigenvalue weighted by Crippen LogP contribution is -2.39. The fourth-order valence-corrected chi connectivity index (χ4v) is 3.88. The van der Waals surface area contributed by atoms with Gasteiger partial charge in [0.25, 0.3) is 0 Å². The van der Waals surface area contributed by atoms with Crippen molar-refractivity contribution >= 4 is 27.8 Å². The molecule has 1 aromatic carbocycles. The SMILES string of the molecule is CSC(=N)N(C#N)CC1CCN(CCc2c[nH]c3ccccc23)CC1. The van der Waals surface area contributed by atoms with E-state index in [1.54, 1.807) is 0 Å². The molecule has 0 saturated carbocycles. The maximum Gasteiger partial charge on any atom is 0.185 e. The van der Waals surface area contributed by atoms with Crippen molar-refractivity contribution in [3.63, 3.8) is 0 Å². The summed E-state index contributed by atoms with van der Waals surface area (Å²) in [6.45, 7) is 3.93. The number of likely N-dealkylation sites (tertiary alicyclic amines) is 1. The largest absolute Gasteiger partial charge is 0.361 e. The normalized spacial score (nSPS) is 16.0. The lowest BCUT2D eigenvalue weighted by atomic mass is 9.96. The van der Waals surface area contributed by atoms with Gasteiger partial charge in [0, 0.05) is 30.2 Å². The summed E-state index contributed by atoms with van der Waals surface area (Å²) >= 11 is 1.33. The molecule has 0 bridgehead atoms. The smallest absolute Gasteiger partial charge is 0.185 e. The number of fused-ring (bicyclic) bond motifs is 1. The third-order valence-electron chi connectivity index (χ3n) is 5.08. The average molecular weight is 356 g/mol. The van der Waals surface area contributed by atoms with Gasteiger partial charge in [0.15, 0.2) is 11.4 Å². The van der Waals surface area contributed by atoms with Crippen LogP contribution in [0.25, 0.3) is 10.9 Å². The minimum absolute atomic E-state index is 0.351. The van der Waals surface area contributed by atoms with Gasteiger partial charge in [-0.15, -0.1) is 0 Å². The predicted molar refractivity (Wildman–Crippen MR) is 105 cm³/mol. The number of thioether (sulfide) groups is 1. The first-order chi connectivity index (χ1) is 12.2. The Morgan fingerprint density at radius 1 is 1.40 bits per heavy atom. The highest BCUT2D eigenvalue weighted by molar-refractivity contribution is 8.13. The molecule has 0 atom stereocenters. The van der Waals surface area contributed by atoms with Crippen molar-refractivity contribution in [3.05, 3.63) is 36.0 Å². The highest BCUT2D eigenvalue weighted by Crippen LogP contribution is 2.22. The molecule has 25 heavy (non-hydrogen) atoms. The molecule has 1 aliphatic heterocycles. The van der Waals surface area contributed by atoms with Crippen LogP contribution in [-0.2, 0) is 6.42 Å². The Morgan fingerprint density at radius 3 is 2.88 bits per heavy atom. The molecule has 0 unspecified atom stereocenters. The van der Waals surface area contributed by atoms with Gasteiger partial charge >= 0.3 is 0 Å². The van der Waals surface area contributed by atoms with Crippen LogP contribution in [0.3, 0.4) is 0 Å². The summed E-state index contributed by atoms with van der Waals surface area (Å²) in [7, 11) is 0. The second kappa shape index (κ2) is 8.41. The summed E-state index contributed by atoms with van der Waals surface area (Å²) in [5, 5.41) is 18.7. The molecule has 2 heterocycles. The Bertz CT molecular complexity index is 755. The summed E-state index contributed by atoms with van der Waals surface area (Å²) in [4.78, 5) is 7.40. The van der Waals surface area contributed by atoms with Crippen molar-refractivity contribution < 1.29 is 0 Å². The molecule has 0 amide bonds. The van der Waals surface area contributed by atoms with Gasteiger partial charge in [-0.25, -0.2) is 0 Å². The number of amidine groups is 1. The average Bonchev–Trinajstić information content (AvgIpc) is 3.08. The second-order valence-corrected chi connectivity index (χ2v) is 7.41. The maximum absolute atomic E-state index is 9.19. The third-order valence-corrected chi connectivity index (χ3v) is 5.69. The van der Waals surface area contributed by atoms with Crippen molar-refractivity contribution in [2.45, 2.75) is 19.3 Å². The van der Waals surface area contributed by atoms with Gasteiger partial charge < -0.3 is 9.88 Å². The number of aromatic amines is 1. The van der Waals surface area contributed by atoms with Crippen molar-refractivity contribution in [2.75, 3.05) is 32.4 Å². The van der Waals surface area contributed by atoms with Crippen LogP contribution in [0.1, 0.15) is 18.4 Å². The zero-order chi connectivity index (χ0) is 17.6. The third kappa shape index (κ3) is 4.36. The number of rotatable bonds is 5. The fraction of sp³-hybridized carbons (Fsp3) is 0.474. The van der Waals surface area contributed by atoms with Crippen LogP contribution in [0, 0.1) is 22.8 Å². The molecule has 2 N–H and O–H groups in total. The number of para-hydroxylation sites is 1. The molecule has 0 spiro atoms. The standard InChI is InChI=1S/C19H25N5S/c1-25-19(21)24(14-20)13-15-6-9-23(10-7-15)11-8-16-12-22-18-5-3-2-4-17(16)18/h2-5,12,15,21-22H,6-11,13H2,1H3. The van der Waals surface area contributed by atoms with Gasteiger partial charge in [-0.2, -0.15) is 5.26 Å². The topological polar surface area (TPSA) is 69.9 Å². The van der Waals surface area contributed by atoms with E-state index in [0.717, 1.165) is 38.9 Å². The van der Waals surface area contributed by atoms with Crippen LogP contribution in [0.15, 0.2) is 30.5 Å². The summed E-state index contributed by atoms with van der Waals surface area (Å²) in [5.41, 5.74) is 2.60. The molecule has 0 aliphatic carbocycles. The summed E-state index contributed by atoms with van der Waals surface area (Å²) in [5.74, 6) is 0.511. The molecule has 0 radical (unpaired) electrons. The Balaban J connectivity index is 1.47. The molecule has 132 valence electrons. The van der Waals surface area contributed by atoms with Crippen molar-refractivity contribution in [3.8, 4) is 6.19 Å². The summed E-state index contributed by atoms with van der Waals surface area (Å²) in [6, 6.07) is 8.47. The predicted octanol–water partition coefficient (Wildman–Crippen LogP) is 3.50. The molecule has 1 saturated heterocycles. The molecular formula is C19H25N5S. The van der Waals surface area contributed by atoms with Gasteiger partial charge in [-0.1, -0.05) is 30.0 Å². The second-order valence-electron chi connectivity index (χ2n) is 6.61. The molecule has 2 aromatic rings. The van der Waals surface area contributed by atoms with E-state index in [2.05, 4.69) is 46.5 Å². The lowest BCUT2D eigenvalue weighted by molar-refractivity contribution is 0.176. The van der Waals surface area contributed by atoms with Crippen molar-refractivity contribution in [1.29, 1.82) is 10.7 Å². The van der Waals surface area contributed by atoms with E-state index >= 15 is 0 Å². The molecular weight excluding hydrogens is 330 g/mol. The Labute approximate surface area is 153 Å². The van der Waals surface area contributed by atoms with Crippen LogP contribution in [0.2, 0.25) is 0 Å². The van der Waals surface area contributed by atoms with E-state index in [0.29, 0.717) is 17.6 Å². The highest BCUT2D eigenvalue weighted by Gasteiger charge is 2.22. The van der Waals surface area contributed by atoms with E-state index in [1.807, 2.05) is 6.26 Å². The van der Waals surface area contributed by atoms with Gasteiger partial charge in [-0.05, 0) is 56.2 Å². The first kappa shape index (κ1) is 17.8. The molecule has 5 nitrogen and oxygen atoms in total. The summed E-state index contributed by atoms with van der Waals surface area (Å²) in [6.07, 6.45) is 9.40. The number of piperidine rings is 1. The van der Waals surface area contributed by atoms with Crippen molar-refractivity contribution in [1.82, 2.24) is 14.8 Å². The number of hydrogen-bond acceptors (Lipinski definition) is 4. The number of nitrogens with zero attached hydrogens (tertiary/aromatic N) is 3. The van der Waals surface area contributed by atoms with Crippen LogP contribution < -0.4 is 0 Å². The van der Waals surface area contributed by atoms with E-state index in [4.69, 9.17) is 5.41 Å². The maximum atomic E-state index is 9.19. The molecule has 6 heteroatoms. The first-order valence-corrected chi connectivity index (χ1v) is 10.0. The lowest BCUT2D eigenvalue weighted by Gasteiger charge is -2.33. The Kier molecular flexibility index (Phi) is 6.00. The van der Waals surface area contributed by atoms with E-state index < -0.39 is 0 Å². The van der Waals surface area contributed by atoms with Gasteiger partial charge in [0.2, 0.25) is 0 Å². The highest BCUT2D eigenvalue weighted by atomic mass is 32.2. The number of H-pyrrole nitrogens is 1. The number of nitriles is 1. The Hall–Kier alpha value is -1.97. The van der Waals surface area contributed by atoms with Gasteiger partial charge in [0.05, 0.1) is 0 Å². The van der Waals surface area contributed by atoms with E-state index in [-0.39, 0.29) is 0 Å². The first-order valence-electron chi connectivity index (χ1n) is 8.78. The molecule has 1 fully saturated rings. The van der Waals surface area contributed by atoms with Crippen LogP contribution >= 0.6 is 11.8 Å². The molecule has 1 aromatic heterocycles. The van der Waals surface area contributed by atoms with Gasteiger partial charge in [-0.3, -0.25) is 10.3 Å². The van der Waals surface area contributed by atoms with E-state index in [9.17, 15) is 5.26 Å². The number of benzene rings is 1. The summed E-state index contributed by atoms with van der Waals surface area (Å²) < 4.78 is 0. The Morgan fingerprint density at radius 2 is 2.16 bits per heavy atom. The zero-order valence-corrected chi connectivity index (χ0v) is 15.5. The monoisotopic (exact) mass is 355 g/mol. The number of hydrogen-bond donors (Lipinski definition) is 2. The van der Waals surface area contributed by atoms with Gasteiger partial charge in [0.1, 0.15) is 0 Å². The van der Waals surface area contributed by atoms with Crippen molar-refractivity contribution in [2.24, 2.45) is 5.92 Å². The van der Waals surface area contributed by atoms with Crippen LogP contribution in [0.4, 0.5) is 0 Å². The number of nitrogens with one attached hydrogen (secondary N) is 2. The van der Waals surface area contributed by atoms with E-state index in [1.165, 1.54) is 33.1 Å². The van der Waals surface area contributed by atoms with Crippen LogP contribution in [0.5, 0.6) is 0 Å².